The molecule has 0 atom stereocenters. The summed E-state index contributed by atoms with van der Waals surface area (Å²) < 4.78 is 1.51. The van der Waals surface area contributed by atoms with E-state index in [2.05, 4.69) is 20.3 Å². The highest BCUT2D eigenvalue weighted by Crippen LogP contribution is 2.23. The maximum atomic E-state index is 11.8. The van der Waals surface area contributed by atoms with Gasteiger partial charge < -0.3 is 26.8 Å². The predicted molar refractivity (Wildman–Crippen MR) is 117 cm³/mol. The number of rotatable bonds is 7. The van der Waals surface area contributed by atoms with Crippen molar-refractivity contribution in [3.63, 3.8) is 0 Å². The van der Waals surface area contributed by atoms with Crippen LogP contribution in [0.15, 0.2) is 54.9 Å². The van der Waals surface area contributed by atoms with E-state index in [1.807, 2.05) is 0 Å². The van der Waals surface area contributed by atoms with E-state index in [0.29, 0.717) is 22.5 Å². The second-order valence-corrected chi connectivity index (χ2v) is 6.92. The number of carbonyl (C=O) groups is 2. The fraction of sp³-hybridized carbons (Fsp3) is 0.0500. The summed E-state index contributed by atoms with van der Waals surface area (Å²) in [5.74, 6) is -0.925. The van der Waals surface area contributed by atoms with Crippen LogP contribution in [0.5, 0.6) is 0 Å². The van der Waals surface area contributed by atoms with Crippen molar-refractivity contribution in [2.75, 3.05) is 5.32 Å². The van der Waals surface area contributed by atoms with Crippen molar-refractivity contribution < 1.29 is 19.6 Å². The number of hydrogen-bond acceptors (Lipinski definition) is 8. The van der Waals surface area contributed by atoms with Gasteiger partial charge in [-0.05, 0) is 23.2 Å². The minimum absolute atomic E-state index is 0.0239. The molecule has 4 aromatic rings. The first-order chi connectivity index (χ1) is 15.3. The molecule has 0 bridgehead atoms. The number of primary amides is 2. The molecule has 0 spiro atoms. The van der Waals surface area contributed by atoms with Gasteiger partial charge >= 0.3 is 7.12 Å². The maximum absolute atomic E-state index is 11.8. The lowest BCUT2D eigenvalue weighted by Crippen LogP contribution is -2.30. The van der Waals surface area contributed by atoms with Crippen molar-refractivity contribution >= 4 is 35.7 Å². The molecule has 0 aliphatic carbocycles. The molecule has 0 fully saturated rings. The molecule has 0 aliphatic heterocycles. The number of nitrogens with zero attached hydrogens (tertiary/aromatic N) is 4. The third kappa shape index (κ3) is 4.12. The van der Waals surface area contributed by atoms with Gasteiger partial charge in [-0.15, -0.1) is 0 Å². The highest BCUT2D eigenvalue weighted by molar-refractivity contribution is 6.58. The zero-order valence-corrected chi connectivity index (χ0v) is 16.6. The van der Waals surface area contributed by atoms with Gasteiger partial charge in [0.15, 0.2) is 5.82 Å². The molecule has 0 saturated carbocycles. The molecular weight excluding hydrogens is 413 g/mol. The van der Waals surface area contributed by atoms with Crippen LogP contribution >= 0.6 is 0 Å². The number of hydrogen-bond donors (Lipinski definition) is 5. The fourth-order valence-corrected chi connectivity index (χ4v) is 3.22. The molecule has 3 aromatic heterocycles. The van der Waals surface area contributed by atoms with Gasteiger partial charge in [0.05, 0.1) is 5.52 Å². The molecular formula is C20H18BN7O4. The Morgan fingerprint density at radius 1 is 1.03 bits per heavy atom. The molecule has 3 heterocycles. The third-order valence-electron chi connectivity index (χ3n) is 4.74. The number of pyridine rings is 1. The topological polar surface area (TPSA) is 182 Å². The number of fused-ring (bicyclic) bond motifs is 1. The van der Waals surface area contributed by atoms with E-state index < -0.39 is 18.9 Å². The summed E-state index contributed by atoms with van der Waals surface area (Å²) in [6, 6.07) is 13.0. The van der Waals surface area contributed by atoms with Crippen LogP contribution in [0, 0.1) is 0 Å². The van der Waals surface area contributed by atoms with Gasteiger partial charge in [0.1, 0.15) is 29.2 Å². The lowest BCUT2D eigenvalue weighted by atomic mass is 9.80. The van der Waals surface area contributed by atoms with Crippen molar-refractivity contribution in [2.45, 2.75) is 6.54 Å². The van der Waals surface area contributed by atoms with Gasteiger partial charge in [0.2, 0.25) is 0 Å². The van der Waals surface area contributed by atoms with E-state index in [4.69, 9.17) is 11.5 Å². The average Bonchev–Trinajstić information content (AvgIpc) is 3.21. The molecule has 12 heteroatoms. The number of anilines is 1. The van der Waals surface area contributed by atoms with Crippen LogP contribution in [0.4, 0.5) is 5.82 Å². The minimum atomic E-state index is -1.58. The lowest BCUT2D eigenvalue weighted by Gasteiger charge is -2.10. The first-order valence-electron chi connectivity index (χ1n) is 9.47. The Morgan fingerprint density at radius 3 is 2.53 bits per heavy atom. The summed E-state index contributed by atoms with van der Waals surface area (Å²) in [4.78, 5) is 36.5. The Balaban J connectivity index is 1.71. The summed E-state index contributed by atoms with van der Waals surface area (Å²) >= 11 is 0. The first-order valence-corrected chi connectivity index (χ1v) is 9.47. The van der Waals surface area contributed by atoms with Gasteiger partial charge in [-0.2, -0.15) is 0 Å². The highest BCUT2D eigenvalue weighted by Gasteiger charge is 2.17. The number of imidazole rings is 1. The van der Waals surface area contributed by atoms with Crippen LogP contribution in [-0.4, -0.2) is 48.3 Å². The Kier molecular flexibility index (Phi) is 5.54. The SMILES string of the molecule is NC(=O)c1cc(NCc2cccc(B(O)O)c2)nc(-c2ncn3c(C(N)=O)cccc23)n1. The summed E-state index contributed by atoms with van der Waals surface area (Å²) in [6.45, 7) is 0.283. The van der Waals surface area contributed by atoms with E-state index in [0.717, 1.165) is 5.56 Å². The lowest BCUT2D eigenvalue weighted by molar-refractivity contribution is 0.0986. The smallest absolute Gasteiger partial charge is 0.423 e. The maximum Gasteiger partial charge on any atom is 0.488 e. The van der Waals surface area contributed by atoms with Crippen LogP contribution in [0.1, 0.15) is 26.5 Å². The minimum Gasteiger partial charge on any atom is -0.423 e. The highest BCUT2D eigenvalue weighted by atomic mass is 16.4. The van der Waals surface area contributed by atoms with Crippen molar-refractivity contribution in [1.82, 2.24) is 19.4 Å². The molecule has 1 aromatic carbocycles. The van der Waals surface area contributed by atoms with Gasteiger partial charge in [0, 0.05) is 12.6 Å². The second-order valence-electron chi connectivity index (χ2n) is 6.92. The molecule has 32 heavy (non-hydrogen) atoms. The number of carbonyl (C=O) groups excluding carboxylic acids is 2. The Labute approximate surface area is 181 Å². The van der Waals surface area contributed by atoms with E-state index in [1.165, 1.54) is 16.8 Å². The zero-order valence-electron chi connectivity index (χ0n) is 16.6. The molecule has 0 radical (unpaired) electrons. The Bertz CT molecular complexity index is 1340. The second kappa shape index (κ2) is 8.45. The molecule has 0 saturated heterocycles. The number of benzene rings is 1. The number of nitrogens with two attached hydrogens (primary N) is 2. The Morgan fingerprint density at radius 2 is 1.81 bits per heavy atom. The van der Waals surface area contributed by atoms with E-state index in [1.54, 1.807) is 42.5 Å². The number of amides is 2. The molecule has 0 unspecified atom stereocenters. The largest absolute Gasteiger partial charge is 0.488 e. The quantitative estimate of drug-likeness (QED) is 0.238. The van der Waals surface area contributed by atoms with Crippen LogP contribution < -0.4 is 22.2 Å². The van der Waals surface area contributed by atoms with Crippen LogP contribution in [-0.2, 0) is 6.54 Å². The van der Waals surface area contributed by atoms with Gasteiger partial charge in [0.25, 0.3) is 11.8 Å². The van der Waals surface area contributed by atoms with Gasteiger partial charge in [-0.3, -0.25) is 14.0 Å². The van der Waals surface area contributed by atoms with Crippen molar-refractivity contribution in [2.24, 2.45) is 11.5 Å². The predicted octanol–water partition coefficient (Wildman–Crippen LogP) is -0.719. The van der Waals surface area contributed by atoms with E-state index >= 15 is 0 Å². The summed E-state index contributed by atoms with van der Waals surface area (Å²) in [5.41, 5.74) is 13.0. The monoisotopic (exact) mass is 431 g/mol. The van der Waals surface area contributed by atoms with E-state index in [-0.39, 0.29) is 23.8 Å². The summed E-state index contributed by atoms with van der Waals surface area (Å²) in [6.07, 6.45) is 1.42. The summed E-state index contributed by atoms with van der Waals surface area (Å²) in [5, 5.41) is 21.7. The van der Waals surface area contributed by atoms with Crippen LogP contribution in [0.25, 0.3) is 17.0 Å². The fourth-order valence-electron chi connectivity index (χ4n) is 3.22. The molecule has 4 rings (SSSR count). The normalized spacial score (nSPS) is 10.8. The average molecular weight is 431 g/mol. The molecule has 11 nitrogen and oxygen atoms in total. The van der Waals surface area contributed by atoms with Gasteiger partial charge in [-0.1, -0.05) is 30.3 Å². The van der Waals surface area contributed by atoms with Crippen molar-refractivity contribution in [3.05, 3.63) is 71.8 Å². The number of nitrogens with one attached hydrogen (secondary N) is 1. The van der Waals surface area contributed by atoms with Crippen LogP contribution in [0.2, 0.25) is 0 Å². The van der Waals surface area contributed by atoms with Crippen molar-refractivity contribution in [3.8, 4) is 11.5 Å². The third-order valence-corrected chi connectivity index (χ3v) is 4.74. The van der Waals surface area contributed by atoms with Crippen LogP contribution in [0.3, 0.4) is 0 Å². The van der Waals surface area contributed by atoms with Crippen molar-refractivity contribution in [1.29, 1.82) is 0 Å². The molecule has 7 N–H and O–H groups in total. The first kappa shape index (κ1) is 21.0. The standard InChI is InChI=1S/C20H18BN7O4/c22-18(29)13-8-16(24-9-11-3-1-4-12(7-11)21(31)32)27-20(26-13)17-14-5-2-6-15(19(23)30)28(14)10-25-17/h1-8,10,31-32H,9H2,(H2,22,29)(H2,23,30)(H,24,26,27). The molecule has 0 aliphatic rings. The molecule has 160 valence electrons. The zero-order chi connectivity index (χ0) is 22.8. The van der Waals surface area contributed by atoms with Gasteiger partial charge in [-0.25, -0.2) is 15.0 Å². The summed E-state index contributed by atoms with van der Waals surface area (Å²) in [7, 11) is -1.58. The number of aromatic nitrogens is 4. The Hall–Kier alpha value is -4.29. The van der Waals surface area contributed by atoms with E-state index in [9.17, 15) is 19.6 Å². The molecule has 2 amide bonds.